The van der Waals surface area contributed by atoms with E-state index in [1.807, 2.05) is 0 Å². The first-order valence-corrected chi connectivity index (χ1v) is 14.0. The van der Waals surface area contributed by atoms with E-state index in [1.54, 1.807) is 67.6 Å². The summed E-state index contributed by atoms with van der Waals surface area (Å²) in [6, 6.07) is 18.2. The Morgan fingerprint density at radius 2 is 1.66 bits per heavy atom. The summed E-state index contributed by atoms with van der Waals surface area (Å²) < 4.78 is 33.7. The zero-order valence-electron chi connectivity index (χ0n) is 21.2. The molecule has 3 aromatic carbocycles. The number of anilines is 1. The number of likely N-dealkylation sites (N-methyl/N-ethyl adjacent to an activating group) is 1. The van der Waals surface area contributed by atoms with Gasteiger partial charge in [0.1, 0.15) is 18.3 Å². The van der Waals surface area contributed by atoms with Crippen molar-refractivity contribution >= 4 is 50.7 Å². The van der Waals surface area contributed by atoms with E-state index in [1.165, 1.54) is 31.2 Å². The highest BCUT2D eigenvalue weighted by Crippen LogP contribution is 2.28. The largest absolute Gasteiger partial charge is 0.497 e. The van der Waals surface area contributed by atoms with Crippen LogP contribution in [-0.4, -0.2) is 51.9 Å². The third-order valence-corrected chi connectivity index (χ3v) is 8.33. The van der Waals surface area contributed by atoms with Gasteiger partial charge in [-0.2, -0.15) is 0 Å². The van der Waals surface area contributed by atoms with Crippen molar-refractivity contribution < 1.29 is 22.7 Å². The van der Waals surface area contributed by atoms with Gasteiger partial charge in [0, 0.05) is 23.6 Å². The van der Waals surface area contributed by atoms with Gasteiger partial charge in [0.05, 0.1) is 17.7 Å². The lowest BCUT2D eigenvalue weighted by Gasteiger charge is -2.33. The summed E-state index contributed by atoms with van der Waals surface area (Å²) in [5.74, 6) is -0.434. The summed E-state index contributed by atoms with van der Waals surface area (Å²) in [6.45, 7) is 1.19. The minimum Gasteiger partial charge on any atom is -0.497 e. The number of halogens is 2. The van der Waals surface area contributed by atoms with Crippen LogP contribution in [0.2, 0.25) is 10.0 Å². The molecular formula is C27H29Cl2N3O5S. The molecule has 1 N–H and O–H groups in total. The summed E-state index contributed by atoms with van der Waals surface area (Å²) in [4.78, 5) is 28.0. The van der Waals surface area contributed by atoms with E-state index in [0.717, 1.165) is 4.31 Å². The SMILES string of the molecule is CC[C@H](C(=O)NC)N(Cc1ccc(Cl)cc1Cl)C(=O)CN(c1ccc(OC)cc1)S(=O)(=O)c1ccccc1. The second kappa shape index (κ2) is 13.0. The number of carbonyl (C=O) groups is 2. The highest BCUT2D eigenvalue weighted by Gasteiger charge is 2.33. The topological polar surface area (TPSA) is 96.0 Å². The first kappa shape index (κ1) is 29.3. The summed E-state index contributed by atoms with van der Waals surface area (Å²) in [5, 5.41) is 3.33. The lowest BCUT2D eigenvalue weighted by Crippen LogP contribution is -2.51. The Bertz CT molecular complexity index is 1370. The van der Waals surface area contributed by atoms with Crippen LogP contribution in [0.25, 0.3) is 0 Å². The van der Waals surface area contributed by atoms with Crippen LogP contribution in [0.4, 0.5) is 5.69 Å². The number of hydrogen-bond donors (Lipinski definition) is 1. The molecule has 0 aliphatic carbocycles. The number of hydrogen-bond acceptors (Lipinski definition) is 5. The van der Waals surface area contributed by atoms with Crippen LogP contribution in [0.1, 0.15) is 18.9 Å². The third-order valence-electron chi connectivity index (χ3n) is 5.96. The molecule has 0 fully saturated rings. The van der Waals surface area contributed by atoms with Crippen LogP contribution in [0.15, 0.2) is 77.7 Å². The van der Waals surface area contributed by atoms with E-state index in [4.69, 9.17) is 27.9 Å². The molecule has 0 aliphatic rings. The molecule has 0 bridgehead atoms. The van der Waals surface area contributed by atoms with Crippen molar-refractivity contribution in [2.24, 2.45) is 0 Å². The van der Waals surface area contributed by atoms with Gasteiger partial charge in [-0.25, -0.2) is 8.42 Å². The number of sulfonamides is 1. The lowest BCUT2D eigenvalue weighted by molar-refractivity contribution is -0.140. The molecule has 0 saturated carbocycles. The van der Waals surface area contributed by atoms with Crippen LogP contribution in [0, 0.1) is 0 Å². The van der Waals surface area contributed by atoms with E-state index in [0.29, 0.717) is 27.8 Å². The normalized spacial score (nSPS) is 11.9. The number of ether oxygens (including phenoxy) is 1. The summed E-state index contributed by atoms with van der Waals surface area (Å²) in [6.07, 6.45) is 0.296. The van der Waals surface area contributed by atoms with Gasteiger partial charge < -0.3 is 15.0 Å². The Labute approximate surface area is 233 Å². The molecule has 0 radical (unpaired) electrons. The quantitative estimate of drug-likeness (QED) is 0.354. The Morgan fingerprint density at radius 3 is 2.21 bits per heavy atom. The number of amides is 2. The molecule has 0 spiro atoms. The minimum atomic E-state index is -4.15. The van der Waals surface area contributed by atoms with Crippen LogP contribution < -0.4 is 14.4 Å². The first-order chi connectivity index (χ1) is 18.1. The van der Waals surface area contributed by atoms with E-state index in [-0.39, 0.29) is 23.0 Å². The van der Waals surface area contributed by atoms with Crippen molar-refractivity contribution in [1.82, 2.24) is 10.2 Å². The summed E-state index contributed by atoms with van der Waals surface area (Å²) >= 11 is 12.4. The second-order valence-corrected chi connectivity index (χ2v) is 11.0. The number of nitrogens with zero attached hydrogens (tertiary/aromatic N) is 2. The molecule has 0 unspecified atom stereocenters. The predicted octanol–water partition coefficient (Wildman–Crippen LogP) is 4.75. The van der Waals surface area contributed by atoms with Gasteiger partial charge in [0.15, 0.2) is 0 Å². The average Bonchev–Trinajstić information content (AvgIpc) is 2.92. The van der Waals surface area contributed by atoms with E-state index < -0.39 is 28.5 Å². The molecule has 202 valence electrons. The summed E-state index contributed by atoms with van der Waals surface area (Å²) in [7, 11) is -1.17. The van der Waals surface area contributed by atoms with E-state index in [2.05, 4.69) is 5.32 Å². The summed E-state index contributed by atoms with van der Waals surface area (Å²) in [5.41, 5.74) is 0.828. The molecule has 8 nitrogen and oxygen atoms in total. The Hall–Kier alpha value is -3.27. The molecule has 0 heterocycles. The Balaban J connectivity index is 2.07. The van der Waals surface area contributed by atoms with Gasteiger partial charge in [-0.3, -0.25) is 13.9 Å². The van der Waals surface area contributed by atoms with E-state index in [9.17, 15) is 18.0 Å². The zero-order valence-corrected chi connectivity index (χ0v) is 23.6. The molecule has 3 rings (SSSR count). The van der Waals surface area contributed by atoms with E-state index >= 15 is 0 Å². The van der Waals surface area contributed by atoms with Crippen molar-refractivity contribution in [3.8, 4) is 5.75 Å². The number of carbonyl (C=O) groups excluding carboxylic acids is 2. The van der Waals surface area contributed by atoms with Gasteiger partial charge in [-0.15, -0.1) is 0 Å². The molecule has 38 heavy (non-hydrogen) atoms. The first-order valence-electron chi connectivity index (χ1n) is 11.8. The van der Waals surface area contributed by atoms with Gasteiger partial charge in [-0.05, 0) is 60.5 Å². The minimum absolute atomic E-state index is 0.0225. The van der Waals surface area contributed by atoms with Gasteiger partial charge >= 0.3 is 0 Å². The van der Waals surface area contributed by atoms with Crippen molar-refractivity contribution in [1.29, 1.82) is 0 Å². The van der Waals surface area contributed by atoms with Crippen molar-refractivity contribution in [3.05, 3.63) is 88.4 Å². The van der Waals surface area contributed by atoms with Crippen LogP contribution >= 0.6 is 23.2 Å². The fourth-order valence-electron chi connectivity index (χ4n) is 3.92. The molecule has 1 atom stereocenters. The van der Waals surface area contributed by atoms with Gasteiger partial charge in [-0.1, -0.05) is 54.4 Å². The highest BCUT2D eigenvalue weighted by molar-refractivity contribution is 7.92. The number of rotatable bonds is 11. The molecule has 0 saturated heterocycles. The Morgan fingerprint density at radius 1 is 1.00 bits per heavy atom. The number of methoxy groups -OCH3 is 1. The van der Waals surface area contributed by atoms with Crippen molar-refractivity contribution in [2.45, 2.75) is 30.8 Å². The number of benzene rings is 3. The molecule has 0 aromatic heterocycles. The molecule has 3 aromatic rings. The molecule has 2 amide bonds. The zero-order chi connectivity index (χ0) is 27.9. The van der Waals surface area contributed by atoms with Crippen LogP contribution in [0.3, 0.4) is 0 Å². The average molecular weight is 579 g/mol. The third kappa shape index (κ3) is 6.78. The van der Waals surface area contributed by atoms with Gasteiger partial charge in [0.2, 0.25) is 11.8 Å². The maximum absolute atomic E-state index is 13.9. The fourth-order valence-corrected chi connectivity index (χ4v) is 5.82. The van der Waals surface area contributed by atoms with Crippen LogP contribution in [-0.2, 0) is 26.2 Å². The fraction of sp³-hybridized carbons (Fsp3) is 0.259. The van der Waals surface area contributed by atoms with Crippen molar-refractivity contribution in [2.75, 3.05) is 25.0 Å². The lowest BCUT2D eigenvalue weighted by atomic mass is 10.1. The van der Waals surface area contributed by atoms with Crippen molar-refractivity contribution in [3.63, 3.8) is 0 Å². The number of nitrogens with one attached hydrogen (secondary N) is 1. The smallest absolute Gasteiger partial charge is 0.264 e. The molecular weight excluding hydrogens is 549 g/mol. The maximum atomic E-state index is 13.9. The van der Waals surface area contributed by atoms with Gasteiger partial charge in [0.25, 0.3) is 10.0 Å². The second-order valence-electron chi connectivity index (χ2n) is 8.32. The predicted molar refractivity (Wildman–Crippen MR) is 149 cm³/mol. The standard InChI is InChI=1S/C27H29Cl2N3O5S/c1-4-25(27(34)30-2)31(17-19-10-11-20(28)16-24(19)29)26(33)18-32(21-12-14-22(37-3)15-13-21)38(35,36)23-8-6-5-7-9-23/h5-16,25H,4,17-18H2,1-3H3,(H,30,34)/t25-/m1/s1. The Kier molecular flexibility index (Phi) is 10.0. The monoisotopic (exact) mass is 577 g/mol. The molecule has 0 aliphatic heterocycles. The highest BCUT2D eigenvalue weighted by atomic mass is 35.5. The van der Waals surface area contributed by atoms with Crippen LogP contribution in [0.5, 0.6) is 5.75 Å². The maximum Gasteiger partial charge on any atom is 0.264 e. The molecule has 11 heteroatoms.